The van der Waals surface area contributed by atoms with Crippen LogP contribution in [0.5, 0.6) is 5.75 Å². The van der Waals surface area contributed by atoms with Crippen LogP contribution in [-0.2, 0) is 11.0 Å². The van der Waals surface area contributed by atoms with Gasteiger partial charge in [0, 0.05) is 32.9 Å². The van der Waals surface area contributed by atoms with Gasteiger partial charge >= 0.3 is 6.18 Å². The van der Waals surface area contributed by atoms with Crippen LogP contribution in [0.4, 0.5) is 13.2 Å². The maximum absolute atomic E-state index is 12.4. The first-order valence-electron chi connectivity index (χ1n) is 6.45. The van der Waals surface area contributed by atoms with Crippen molar-refractivity contribution in [1.82, 2.24) is 4.90 Å². The Morgan fingerprint density at radius 3 is 2.20 bits per heavy atom. The van der Waals surface area contributed by atoms with Crippen LogP contribution in [0, 0.1) is 0 Å². The van der Waals surface area contributed by atoms with Gasteiger partial charge in [-0.3, -0.25) is 4.79 Å². The van der Waals surface area contributed by atoms with E-state index in [4.69, 9.17) is 4.74 Å². The molecule has 1 fully saturated rings. The first-order chi connectivity index (χ1) is 9.36. The predicted molar refractivity (Wildman–Crippen MR) is 67.3 cm³/mol. The number of benzene rings is 1. The molecule has 0 N–H and O–H groups in total. The molecule has 1 aromatic rings. The van der Waals surface area contributed by atoms with Crippen molar-refractivity contribution in [2.24, 2.45) is 0 Å². The Bertz CT molecular complexity index is 462. The molecule has 0 saturated carbocycles. The zero-order chi connectivity index (χ0) is 14.8. The molecule has 3 nitrogen and oxygen atoms in total. The van der Waals surface area contributed by atoms with E-state index in [2.05, 4.69) is 0 Å². The van der Waals surface area contributed by atoms with Gasteiger partial charge in [0.25, 0.3) is 0 Å². The summed E-state index contributed by atoms with van der Waals surface area (Å²) in [5, 5.41) is 0. The molecule has 1 heterocycles. The lowest BCUT2D eigenvalue weighted by molar-refractivity contribution is -0.137. The Hall–Kier alpha value is -1.72. The standard InChI is InChI=1S/C14H16F3NO2/c1-10(19)18-8-6-13(7-9-18)20-12-4-2-11(3-5-12)14(15,16)17/h2-5,13H,6-9H2,1H3. The Labute approximate surface area is 115 Å². The van der Waals surface area contributed by atoms with Gasteiger partial charge in [-0.25, -0.2) is 0 Å². The van der Waals surface area contributed by atoms with E-state index in [1.165, 1.54) is 19.1 Å². The minimum atomic E-state index is -4.33. The van der Waals surface area contributed by atoms with Crippen LogP contribution in [0.3, 0.4) is 0 Å². The second-order valence-corrected chi connectivity index (χ2v) is 4.85. The van der Waals surface area contributed by atoms with Gasteiger partial charge in [0.1, 0.15) is 11.9 Å². The molecule has 0 spiro atoms. The molecule has 0 aromatic heterocycles. The third-order valence-corrected chi connectivity index (χ3v) is 3.37. The van der Waals surface area contributed by atoms with Crippen LogP contribution >= 0.6 is 0 Å². The summed E-state index contributed by atoms with van der Waals surface area (Å²) in [7, 11) is 0. The summed E-state index contributed by atoms with van der Waals surface area (Å²) in [6.07, 6.45) is -2.99. The summed E-state index contributed by atoms with van der Waals surface area (Å²) in [4.78, 5) is 12.9. The second kappa shape index (κ2) is 5.73. The summed E-state index contributed by atoms with van der Waals surface area (Å²) in [6, 6.07) is 4.69. The van der Waals surface area contributed by atoms with Gasteiger partial charge in [-0.2, -0.15) is 13.2 Å². The molecule has 0 radical (unpaired) electrons. The van der Waals surface area contributed by atoms with Gasteiger partial charge in [0.05, 0.1) is 5.56 Å². The number of amides is 1. The number of carbonyl (C=O) groups is 1. The maximum Gasteiger partial charge on any atom is 0.416 e. The van der Waals surface area contributed by atoms with E-state index in [9.17, 15) is 18.0 Å². The summed E-state index contributed by atoms with van der Waals surface area (Å²) in [5.41, 5.74) is -0.684. The number of hydrogen-bond donors (Lipinski definition) is 0. The zero-order valence-corrected chi connectivity index (χ0v) is 11.1. The van der Waals surface area contributed by atoms with E-state index >= 15 is 0 Å². The van der Waals surface area contributed by atoms with Gasteiger partial charge in [-0.15, -0.1) is 0 Å². The van der Waals surface area contributed by atoms with Crippen molar-refractivity contribution < 1.29 is 22.7 Å². The van der Waals surface area contributed by atoms with Crippen molar-refractivity contribution in [1.29, 1.82) is 0 Å². The highest BCUT2D eigenvalue weighted by Crippen LogP contribution is 2.30. The summed E-state index contributed by atoms with van der Waals surface area (Å²) in [5.74, 6) is 0.470. The maximum atomic E-state index is 12.4. The topological polar surface area (TPSA) is 29.5 Å². The number of nitrogens with zero attached hydrogens (tertiary/aromatic N) is 1. The fraction of sp³-hybridized carbons (Fsp3) is 0.500. The molecule has 2 rings (SSSR count). The Balaban J connectivity index is 1.90. The monoisotopic (exact) mass is 287 g/mol. The van der Waals surface area contributed by atoms with Crippen molar-refractivity contribution in [2.75, 3.05) is 13.1 Å². The average molecular weight is 287 g/mol. The number of carbonyl (C=O) groups excluding carboxylic acids is 1. The summed E-state index contributed by atoms with van der Waals surface area (Å²) >= 11 is 0. The van der Waals surface area contributed by atoms with Gasteiger partial charge < -0.3 is 9.64 Å². The molecule has 0 aliphatic carbocycles. The number of halogens is 3. The molecule has 1 aromatic carbocycles. The molecule has 20 heavy (non-hydrogen) atoms. The van der Waals surface area contributed by atoms with Crippen LogP contribution in [0.15, 0.2) is 24.3 Å². The molecular weight excluding hydrogens is 271 g/mol. The van der Waals surface area contributed by atoms with E-state index < -0.39 is 11.7 Å². The normalized spacial score (nSPS) is 17.1. The first-order valence-corrected chi connectivity index (χ1v) is 6.45. The molecule has 6 heteroatoms. The SMILES string of the molecule is CC(=O)N1CCC(Oc2ccc(C(F)(F)F)cc2)CC1. The smallest absolute Gasteiger partial charge is 0.416 e. The molecule has 1 saturated heterocycles. The zero-order valence-electron chi connectivity index (χ0n) is 11.1. The number of alkyl halides is 3. The lowest BCUT2D eigenvalue weighted by atomic mass is 10.1. The van der Waals surface area contributed by atoms with Crippen molar-refractivity contribution in [3.8, 4) is 5.75 Å². The number of likely N-dealkylation sites (tertiary alicyclic amines) is 1. The van der Waals surface area contributed by atoms with Crippen LogP contribution < -0.4 is 4.74 Å². The first kappa shape index (κ1) is 14.7. The number of hydrogen-bond acceptors (Lipinski definition) is 2. The van der Waals surface area contributed by atoms with Gasteiger partial charge in [0.15, 0.2) is 0 Å². The van der Waals surface area contributed by atoms with Gasteiger partial charge in [-0.1, -0.05) is 0 Å². The minimum absolute atomic E-state index is 0.0398. The summed E-state index contributed by atoms with van der Waals surface area (Å²) < 4.78 is 42.9. The fourth-order valence-electron chi connectivity index (χ4n) is 2.20. The van der Waals surface area contributed by atoms with E-state index in [0.29, 0.717) is 31.7 Å². The quantitative estimate of drug-likeness (QED) is 0.836. The van der Waals surface area contributed by atoms with E-state index in [1.807, 2.05) is 0 Å². The van der Waals surface area contributed by atoms with Crippen molar-refractivity contribution >= 4 is 5.91 Å². The van der Waals surface area contributed by atoms with Crippen molar-refractivity contribution in [3.63, 3.8) is 0 Å². The molecular formula is C14H16F3NO2. The van der Waals surface area contributed by atoms with E-state index in [1.54, 1.807) is 4.90 Å². The van der Waals surface area contributed by atoms with Crippen molar-refractivity contribution in [3.05, 3.63) is 29.8 Å². The van der Waals surface area contributed by atoms with Crippen LogP contribution in [0.1, 0.15) is 25.3 Å². The van der Waals surface area contributed by atoms with E-state index in [-0.39, 0.29) is 12.0 Å². The Morgan fingerprint density at radius 2 is 1.75 bits per heavy atom. The van der Waals surface area contributed by atoms with Crippen LogP contribution in [0.25, 0.3) is 0 Å². The largest absolute Gasteiger partial charge is 0.490 e. The van der Waals surface area contributed by atoms with Crippen LogP contribution in [0.2, 0.25) is 0 Å². The molecule has 0 atom stereocenters. The lowest BCUT2D eigenvalue weighted by Gasteiger charge is -2.31. The van der Waals surface area contributed by atoms with Crippen LogP contribution in [-0.4, -0.2) is 30.0 Å². The number of rotatable bonds is 2. The van der Waals surface area contributed by atoms with Crippen molar-refractivity contribution in [2.45, 2.75) is 32.0 Å². The lowest BCUT2D eigenvalue weighted by Crippen LogP contribution is -2.40. The van der Waals surface area contributed by atoms with Gasteiger partial charge in [0.2, 0.25) is 5.91 Å². The van der Waals surface area contributed by atoms with Gasteiger partial charge in [-0.05, 0) is 24.3 Å². The highest BCUT2D eigenvalue weighted by atomic mass is 19.4. The molecule has 1 aliphatic heterocycles. The third-order valence-electron chi connectivity index (χ3n) is 3.37. The summed E-state index contributed by atoms with van der Waals surface area (Å²) in [6.45, 7) is 2.78. The number of piperidine rings is 1. The molecule has 0 bridgehead atoms. The minimum Gasteiger partial charge on any atom is -0.490 e. The molecule has 1 amide bonds. The van der Waals surface area contributed by atoms with E-state index in [0.717, 1.165) is 12.1 Å². The predicted octanol–water partition coefficient (Wildman–Crippen LogP) is 3.10. The third kappa shape index (κ3) is 3.65. The molecule has 0 unspecified atom stereocenters. The second-order valence-electron chi connectivity index (χ2n) is 4.85. The Morgan fingerprint density at radius 1 is 1.20 bits per heavy atom. The molecule has 110 valence electrons. The fourth-order valence-corrected chi connectivity index (χ4v) is 2.20. The highest BCUT2D eigenvalue weighted by Gasteiger charge is 2.30. The Kier molecular flexibility index (Phi) is 4.20. The average Bonchev–Trinajstić information content (AvgIpc) is 2.39. The highest BCUT2D eigenvalue weighted by molar-refractivity contribution is 5.73. The number of ether oxygens (including phenoxy) is 1. The molecule has 1 aliphatic rings.